The molecule has 1 aromatic carbocycles. The first kappa shape index (κ1) is 27.3. The van der Waals surface area contributed by atoms with E-state index in [1.807, 2.05) is 4.90 Å². The lowest BCUT2D eigenvalue weighted by molar-refractivity contribution is 0.0250. The van der Waals surface area contributed by atoms with Gasteiger partial charge in [0.05, 0.1) is 35.9 Å². The highest BCUT2D eigenvalue weighted by Gasteiger charge is 2.36. The fourth-order valence-corrected chi connectivity index (χ4v) is 5.51. The van der Waals surface area contributed by atoms with Crippen molar-refractivity contribution in [3.63, 3.8) is 0 Å². The number of benzene rings is 1. The summed E-state index contributed by atoms with van der Waals surface area (Å²) in [5, 5.41) is 0. The van der Waals surface area contributed by atoms with Crippen LogP contribution in [-0.4, -0.2) is 60.5 Å². The molecule has 0 spiro atoms. The third-order valence-corrected chi connectivity index (χ3v) is 9.20. The Morgan fingerprint density at radius 1 is 1.18 bits per heavy atom. The quantitative estimate of drug-likeness (QED) is 0.481. The number of aromatic nitrogens is 2. The topological polar surface area (TPSA) is 102 Å². The van der Waals surface area contributed by atoms with Crippen LogP contribution in [0.1, 0.15) is 62.1 Å². The first-order chi connectivity index (χ1) is 18.4. The summed E-state index contributed by atoms with van der Waals surface area (Å²) in [6, 6.07) is 7.19. The average molecular weight is 563 g/mol. The van der Waals surface area contributed by atoms with Gasteiger partial charge < -0.3 is 14.4 Å². The number of imidazole rings is 1. The normalized spacial score (nSPS) is 20.9. The molecule has 0 saturated carbocycles. The number of ether oxygens (including phenoxy) is 2. The molecule has 2 aliphatic heterocycles. The zero-order valence-corrected chi connectivity index (χ0v) is 22.9. The first-order valence-electron chi connectivity index (χ1n) is 12.9. The summed E-state index contributed by atoms with van der Waals surface area (Å²) in [6.45, 7) is 5.69. The fourth-order valence-electron chi connectivity index (χ4n) is 4.86. The van der Waals surface area contributed by atoms with Crippen LogP contribution in [0.15, 0.2) is 42.7 Å². The average Bonchev–Trinajstić information content (AvgIpc) is 3.48. The lowest BCUT2D eigenvalue weighted by Gasteiger charge is -2.30. The number of carbonyl (C=O) groups is 1. The summed E-state index contributed by atoms with van der Waals surface area (Å²) >= 11 is 0. The number of amides is 1. The van der Waals surface area contributed by atoms with Crippen molar-refractivity contribution in [2.75, 3.05) is 24.7 Å². The van der Waals surface area contributed by atoms with Gasteiger partial charge in [0.2, 0.25) is 10.0 Å². The Morgan fingerprint density at radius 2 is 1.92 bits per heavy atom. The van der Waals surface area contributed by atoms with Crippen molar-refractivity contribution in [2.24, 2.45) is 0 Å². The summed E-state index contributed by atoms with van der Waals surface area (Å²) in [5.74, 6) is -0.771. The summed E-state index contributed by atoms with van der Waals surface area (Å²) in [4.78, 5) is 19.0. The zero-order valence-electron chi connectivity index (χ0n) is 22.1. The number of nitrogens with zero attached hydrogens (tertiary/aromatic N) is 3. The van der Waals surface area contributed by atoms with Crippen molar-refractivity contribution >= 4 is 27.3 Å². The fraction of sp³-hybridized carbons (Fsp3) is 0.481. The second-order valence-electron chi connectivity index (χ2n) is 10.9. The minimum Gasteiger partial charge on any atom is -0.490 e. The van der Waals surface area contributed by atoms with E-state index in [2.05, 4.69) is 9.71 Å². The Bertz CT molecular complexity index is 1480. The van der Waals surface area contributed by atoms with Crippen LogP contribution in [0.5, 0.6) is 5.75 Å². The minimum absolute atomic E-state index is 0.0153. The Labute approximate surface area is 226 Å². The largest absolute Gasteiger partial charge is 0.490 e. The van der Waals surface area contributed by atoms with E-state index in [9.17, 15) is 22.0 Å². The van der Waals surface area contributed by atoms with Gasteiger partial charge in [-0.25, -0.2) is 26.9 Å². The van der Waals surface area contributed by atoms with E-state index in [4.69, 9.17) is 9.47 Å². The molecular formula is C27H32F2N4O5S. The van der Waals surface area contributed by atoms with Crippen LogP contribution >= 0.6 is 0 Å². The second kappa shape index (κ2) is 10.4. The molecule has 3 aromatic rings. The predicted octanol–water partition coefficient (Wildman–Crippen LogP) is 4.18. The summed E-state index contributed by atoms with van der Waals surface area (Å²) in [7, 11) is -3.95. The monoisotopic (exact) mass is 562 g/mol. The molecule has 1 N–H and O–H groups in total. The van der Waals surface area contributed by atoms with Gasteiger partial charge in [-0.1, -0.05) is 0 Å². The highest BCUT2D eigenvalue weighted by molar-refractivity contribution is 7.91. The smallest absolute Gasteiger partial charge is 0.283 e. The summed E-state index contributed by atoms with van der Waals surface area (Å²) in [6.07, 6.45) is 3.21. The molecule has 4 heterocycles. The molecule has 2 saturated heterocycles. The highest BCUT2D eigenvalue weighted by Crippen LogP contribution is 2.42. The van der Waals surface area contributed by atoms with Gasteiger partial charge in [0.1, 0.15) is 35.2 Å². The van der Waals surface area contributed by atoms with E-state index in [-0.39, 0.29) is 24.8 Å². The van der Waals surface area contributed by atoms with Crippen LogP contribution in [0.25, 0.3) is 5.65 Å². The van der Waals surface area contributed by atoms with Crippen LogP contribution in [0.4, 0.5) is 14.5 Å². The Morgan fingerprint density at radius 3 is 2.64 bits per heavy atom. The third-order valence-electron chi connectivity index (χ3n) is 7.13. The molecule has 210 valence electrons. The van der Waals surface area contributed by atoms with E-state index in [0.717, 1.165) is 0 Å². The van der Waals surface area contributed by atoms with Crippen LogP contribution in [0.3, 0.4) is 0 Å². The van der Waals surface area contributed by atoms with Crippen molar-refractivity contribution in [1.82, 2.24) is 14.1 Å². The van der Waals surface area contributed by atoms with Gasteiger partial charge >= 0.3 is 0 Å². The number of nitrogens with one attached hydrogen (secondary N) is 1. The third kappa shape index (κ3) is 5.58. The maximum absolute atomic E-state index is 14.9. The molecule has 2 atom stereocenters. The Balaban J connectivity index is 1.48. The second-order valence-corrected chi connectivity index (χ2v) is 13.4. The molecule has 9 nitrogen and oxygen atoms in total. The van der Waals surface area contributed by atoms with Gasteiger partial charge in [0, 0.05) is 37.6 Å². The van der Waals surface area contributed by atoms with E-state index >= 15 is 0 Å². The van der Waals surface area contributed by atoms with E-state index in [0.29, 0.717) is 48.7 Å². The molecule has 39 heavy (non-hydrogen) atoms. The molecule has 0 radical (unpaired) electrons. The van der Waals surface area contributed by atoms with Crippen LogP contribution in [0.2, 0.25) is 0 Å². The van der Waals surface area contributed by atoms with Crippen molar-refractivity contribution in [3.8, 4) is 5.75 Å². The molecule has 2 unspecified atom stereocenters. The van der Waals surface area contributed by atoms with Crippen molar-refractivity contribution in [2.45, 2.75) is 63.1 Å². The lowest BCUT2D eigenvalue weighted by atomic mass is 10.0. The lowest BCUT2D eigenvalue weighted by Crippen LogP contribution is -2.42. The van der Waals surface area contributed by atoms with Crippen LogP contribution < -0.4 is 14.4 Å². The standard InChI is InChI=1S/C27H32F2N4O5S/c1-27(2,3)39(35,36)31-26(34)23-14-30-25-7-5-19(16-33(23)25)32-15-18(29)13-22(32)21-12-17(28)4-6-24(21)38-20-8-10-37-11-9-20/h4-7,12,14,16,18,20,22H,8-11,13,15H2,1-3H3,(H,31,34). The van der Waals surface area contributed by atoms with Crippen molar-refractivity contribution in [3.05, 3.63) is 59.8 Å². The summed E-state index contributed by atoms with van der Waals surface area (Å²) in [5.41, 5.74) is 1.54. The number of hydrogen-bond acceptors (Lipinski definition) is 7. The van der Waals surface area contributed by atoms with Crippen LogP contribution in [0, 0.1) is 5.82 Å². The minimum atomic E-state index is -3.95. The molecule has 12 heteroatoms. The Kier molecular flexibility index (Phi) is 7.27. The molecular weight excluding hydrogens is 530 g/mol. The molecule has 2 aliphatic rings. The van der Waals surface area contributed by atoms with Gasteiger partial charge in [-0.2, -0.15) is 0 Å². The molecule has 2 fully saturated rings. The molecule has 0 aliphatic carbocycles. The first-order valence-corrected chi connectivity index (χ1v) is 14.4. The zero-order chi connectivity index (χ0) is 27.9. The van der Waals surface area contributed by atoms with Gasteiger partial charge in [-0.3, -0.25) is 9.20 Å². The number of pyridine rings is 1. The number of hydrogen-bond donors (Lipinski definition) is 1. The predicted molar refractivity (Wildman–Crippen MR) is 142 cm³/mol. The number of fused-ring (bicyclic) bond motifs is 1. The van der Waals surface area contributed by atoms with Gasteiger partial charge in [0.15, 0.2) is 0 Å². The molecule has 1 amide bonds. The van der Waals surface area contributed by atoms with E-state index < -0.39 is 38.7 Å². The highest BCUT2D eigenvalue weighted by atomic mass is 32.2. The maximum Gasteiger partial charge on any atom is 0.283 e. The molecule has 5 rings (SSSR count). The van der Waals surface area contributed by atoms with Crippen LogP contribution in [-0.2, 0) is 14.8 Å². The van der Waals surface area contributed by atoms with Gasteiger partial charge in [-0.05, 0) is 51.1 Å². The van der Waals surface area contributed by atoms with E-state index in [1.54, 1.807) is 24.4 Å². The SMILES string of the molecule is CC(C)(C)S(=O)(=O)NC(=O)c1cnc2ccc(N3CC(F)CC3c3cc(F)ccc3OC3CCOCC3)cn12. The number of halogens is 2. The summed E-state index contributed by atoms with van der Waals surface area (Å²) < 4.78 is 68.5. The van der Waals surface area contributed by atoms with Gasteiger partial charge in [0.25, 0.3) is 5.91 Å². The van der Waals surface area contributed by atoms with Crippen molar-refractivity contribution < 1.29 is 31.5 Å². The van der Waals surface area contributed by atoms with E-state index in [1.165, 1.54) is 43.5 Å². The van der Waals surface area contributed by atoms with Crippen molar-refractivity contribution in [1.29, 1.82) is 0 Å². The molecule has 0 bridgehead atoms. The number of sulfonamides is 1. The number of carbonyl (C=O) groups excluding carboxylic acids is 1. The number of alkyl halides is 1. The number of rotatable bonds is 6. The Hall–Kier alpha value is -3.25. The molecule has 2 aromatic heterocycles. The maximum atomic E-state index is 14.9. The van der Waals surface area contributed by atoms with Gasteiger partial charge in [-0.15, -0.1) is 0 Å². The number of anilines is 1.